The summed E-state index contributed by atoms with van der Waals surface area (Å²) < 4.78 is 17.5. The maximum Gasteiger partial charge on any atom is 0.379 e. The number of hydrogen-bond acceptors (Lipinski definition) is 5. The maximum absolute atomic E-state index is 12.6. The summed E-state index contributed by atoms with van der Waals surface area (Å²) in [6, 6.07) is 21.4. The van der Waals surface area contributed by atoms with Crippen LogP contribution < -0.4 is 10.4 Å². The van der Waals surface area contributed by atoms with E-state index < -0.39 is 11.6 Å². The Morgan fingerprint density at radius 3 is 2.52 bits per heavy atom. The van der Waals surface area contributed by atoms with E-state index in [9.17, 15) is 9.59 Å². The molecule has 0 unspecified atom stereocenters. The lowest BCUT2D eigenvalue weighted by molar-refractivity contribution is 0.0704. The van der Waals surface area contributed by atoms with Gasteiger partial charge in [0, 0.05) is 21.3 Å². The number of carbonyl (C=O) groups excluding carboxylic acids is 1. The highest BCUT2D eigenvalue weighted by Gasteiger charge is 2.17. The fourth-order valence-corrected chi connectivity index (χ4v) is 3.99. The largest absolute Gasteiger partial charge is 0.449 e. The lowest BCUT2D eigenvalue weighted by Gasteiger charge is -2.09. The van der Waals surface area contributed by atoms with Gasteiger partial charge < -0.3 is 13.6 Å². The highest BCUT2D eigenvalue weighted by Crippen LogP contribution is 2.30. The number of ether oxygens (including phenoxy) is 1. The van der Waals surface area contributed by atoms with Crippen LogP contribution in [-0.2, 0) is 0 Å². The van der Waals surface area contributed by atoms with E-state index in [-0.39, 0.29) is 11.5 Å². The Labute approximate surface area is 185 Å². The van der Waals surface area contributed by atoms with Gasteiger partial charge in [-0.2, -0.15) is 0 Å². The summed E-state index contributed by atoms with van der Waals surface area (Å²) in [6.45, 7) is 1.87. The van der Waals surface area contributed by atoms with Crippen molar-refractivity contribution in [2.45, 2.75) is 6.92 Å². The van der Waals surface area contributed by atoms with Crippen LogP contribution >= 0.6 is 15.9 Å². The topological polar surface area (TPSA) is 69.7 Å². The molecule has 0 saturated carbocycles. The molecule has 2 heterocycles. The van der Waals surface area contributed by atoms with Crippen molar-refractivity contribution in [2.75, 3.05) is 0 Å². The molecule has 0 amide bonds. The van der Waals surface area contributed by atoms with Crippen molar-refractivity contribution >= 4 is 43.8 Å². The van der Waals surface area contributed by atoms with Crippen LogP contribution in [0.4, 0.5) is 0 Å². The van der Waals surface area contributed by atoms with Gasteiger partial charge in [0.05, 0.1) is 5.56 Å². The number of fused-ring (bicyclic) bond motifs is 2. The van der Waals surface area contributed by atoms with Crippen molar-refractivity contribution in [1.29, 1.82) is 0 Å². The lowest BCUT2D eigenvalue weighted by atomic mass is 10.00. The second-order valence-electron chi connectivity index (χ2n) is 7.10. The van der Waals surface area contributed by atoms with Crippen LogP contribution in [0.2, 0.25) is 0 Å². The molecule has 6 heteroatoms. The predicted molar refractivity (Wildman–Crippen MR) is 122 cm³/mol. The van der Waals surface area contributed by atoms with E-state index in [4.69, 9.17) is 13.6 Å². The van der Waals surface area contributed by atoms with Gasteiger partial charge in [0.25, 0.3) is 0 Å². The molecule has 0 bridgehead atoms. The summed E-state index contributed by atoms with van der Waals surface area (Å²) in [5, 5.41) is 1.56. The van der Waals surface area contributed by atoms with Gasteiger partial charge in [0.2, 0.25) is 5.76 Å². The van der Waals surface area contributed by atoms with Gasteiger partial charge in [-0.1, -0.05) is 46.3 Å². The number of halogens is 1. The molecule has 0 atom stereocenters. The molecule has 0 fully saturated rings. The van der Waals surface area contributed by atoms with Crippen LogP contribution in [0.1, 0.15) is 16.1 Å². The summed E-state index contributed by atoms with van der Waals surface area (Å²) in [6.07, 6.45) is 0. The van der Waals surface area contributed by atoms with Gasteiger partial charge in [0.1, 0.15) is 16.9 Å². The van der Waals surface area contributed by atoms with Crippen molar-refractivity contribution in [3.63, 3.8) is 0 Å². The molecule has 0 aliphatic heterocycles. The zero-order valence-corrected chi connectivity index (χ0v) is 17.9. The van der Waals surface area contributed by atoms with E-state index in [1.807, 2.05) is 49.4 Å². The molecular formula is C25H15BrO5. The van der Waals surface area contributed by atoms with E-state index in [2.05, 4.69) is 15.9 Å². The van der Waals surface area contributed by atoms with E-state index in [0.29, 0.717) is 16.7 Å². The normalized spacial score (nSPS) is 11.2. The fraction of sp³-hybridized carbons (Fsp3) is 0.0400. The Morgan fingerprint density at radius 1 is 0.903 bits per heavy atom. The summed E-state index contributed by atoms with van der Waals surface area (Å²) in [5.41, 5.74) is 2.61. The summed E-state index contributed by atoms with van der Waals surface area (Å²) in [5.74, 6) is -0.286. The van der Waals surface area contributed by atoms with Gasteiger partial charge in [-0.25, -0.2) is 9.59 Å². The minimum atomic E-state index is -0.633. The van der Waals surface area contributed by atoms with Gasteiger partial charge in [0.15, 0.2) is 0 Å². The molecule has 3 aromatic carbocycles. The maximum atomic E-state index is 12.6. The first-order valence-electron chi connectivity index (χ1n) is 9.54. The van der Waals surface area contributed by atoms with Gasteiger partial charge in [-0.3, -0.25) is 0 Å². The first-order valence-corrected chi connectivity index (χ1v) is 10.3. The number of furan rings is 1. The molecule has 5 aromatic rings. The molecule has 0 N–H and O–H groups in total. The van der Waals surface area contributed by atoms with Crippen molar-refractivity contribution < 1.29 is 18.4 Å². The third kappa shape index (κ3) is 3.55. The van der Waals surface area contributed by atoms with E-state index in [1.54, 1.807) is 24.3 Å². The van der Waals surface area contributed by atoms with Gasteiger partial charge >= 0.3 is 11.6 Å². The van der Waals surface area contributed by atoms with Crippen LogP contribution in [0.25, 0.3) is 33.1 Å². The smallest absolute Gasteiger partial charge is 0.379 e. The average Bonchev–Trinajstić information content (AvgIpc) is 3.18. The molecule has 152 valence electrons. The summed E-state index contributed by atoms with van der Waals surface area (Å²) >= 11 is 3.39. The van der Waals surface area contributed by atoms with Crippen molar-refractivity contribution in [3.8, 4) is 16.9 Å². The van der Waals surface area contributed by atoms with Crippen LogP contribution in [0.15, 0.2) is 90.9 Å². The van der Waals surface area contributed by atoms with Crippen molar-refractivity contribution in [1.82, 2.24) is 0 Å². The minimum Gasteiger partial charge on any atom is -0.449 e. The average molecular weight is 475 g/mol. The van der Waals surface area contributed by atoms with Crippen LogP contribution in [0, 0.1) is 6.92 Å². The molecule has 0 aliphatic carbocycles. The van der Waals surface area contributed by atoms with Gasteiger partial charge in [-0.15, -0.1) is 0 Å². The van der Waals surface area contributed by atoms with Crippen LogP contribution in [0.3, 0.4) is 0 Å². The predicted octanol–water partition coefficient (Wildman–Crippen LogP) is 6.50. The Hall–Kier alpha value is -3.64. The highest BCUT2D eigenvalue weighted by atomic mass is 79.9. The second-order valence-corrected chi connectivity index (χ2v) is 8.01. The molecule has 2 aromatic heterocycles. The monoisotopic (exact) mass is 474 g/mol. The summed E-state index contributed by atoms with van der Waals surface area (Å²) in [4.78, 5) is 25.2. The quantitative estimate of drug-likeness (QED) is 0.169. The molecule has 0 spiro atoms. The van der Waals surface area contributed by atoms with E-state index in [0.717, 1.165) is 26.4 Å². The van der Waals surface area contributed by atoms with Crippen LogP contribution in [0.5, 0.6) is 5.75 Å². The fourth-order valence-electron chi connectivity index (χ4n) is 3.61. The molecule has 0 radical (unpaired) electrons. The molecule has 0 aliphatic rings. The third-order valence-electron chi connectivity index (χ3n) is 5.09. The first kappa shape index (κ1) is 19.3. The van der Waals surface area contributed by atoms with Crippen molar-refractivity contribution in [2.24, 2.45) is 0 Å². The standard InChI is InChI=1S/C25H15BrO5/c1-14-19-9-8-18(13-21(19)31-25(28)23(14)15-5-3-2-4-6-15)29-24(27)22-12-16-11-17(26)7-10-20(16)30-22/h2-13H,1H3. The Morgan fingerprint density at radius 2 is 1.71 bits per heavy atom. The number of hydrogen-bond donors (Lipinski definition) is 0. The molecular weight excluding hydrogens is 460 g/mol. The zero-order valence-electron chi connectivity index (χ0n) is 16.3. The first-order chi connectivity index (χ1) is 15.0. The SMILES string of the molecule is Cc1c(-c2ccccc2)c(=O)oc2cc(OC(=O)c3cc4cc(Br)ccc4o3)ccc12. The summed E-state index contributed by atoms with van der Waals surface area (Å²) in [7, 11) is 0. The number of carbonyl (C=O) groups is 1. The second kappa shape index (κ2) is 7.56. The van der Waals surface area contributed by atoms with Crippen LogP contribution in [-0.4, -0.2) is 5.97 Å². The third-order valence-corrected chi connectivity index (χ3v) is 5.58. The number of rotatable bonds is 3. The van der Waals surface area contributed by atoms with E-state index in [1.165, 1.54) is 6.07 Å². The molecule has 31 heavy (non-hydrogen) atoms. The molecule has 5 rings (SSSR count). The lowest BCUT2D eigenvalue weighted by Crippen LogP contribution is -2.08. The molecule has 5 nitrogen and oxygen atoms in total. The van der Waals surface area contributed by atoms with Gasteiger partial charge in [-0.05, 0) is 54.4 Å². The zero-order chi connectivity index (χ0) is 21.5. The Kier molecular flexibility index (Phi) is 4.71. The molecule has 0 saturated heterocycles. The van der Waals surface area contributed by atoms with Crippen molar-refractivity contribution in [3.05, 3.63) is 99.0 Å². The van der Waals surface area contributed by atoms with E-state index >= 15 is 0 Å². The minimum absolute atomic E-state index is 0.0882. The Bertz CT molecular complexity index is 1510. The number of benzene rings is 3. The highest BCUT2D eigenvalue weighted by molar-refractivity contribution is 9.10. The number of aryl methyl sites for hydroxylation is 1. The number of esters is 1. The Balaban J connectivity index is 1.49.